The normalized spacial score (nSPS) is 13.3. The number of benzene rings is 2. The summed E-state index contributed by atoms with van der Waals surface area (Å²) in [5.41, 5.74) is 3.27. The molecule has 0 bridgehead atoms. The largest absolute Gasteiger partial charge is 0.495 e. The summed E-state index contributed by atoms with van der Waals surface area (Å²) in [6, 6.07) is 19.6. The Morgan fingerprint density at radius 1 is 0.930 bits per heavy atom. The van der Waals surface area contributed by atoms with Gasteiger partial charge in [0.25, 0.3) is 5.91 Å². The zero-order valence-electron chi connectivity index (χ0n) is 23.9. The molecular weight excluding hydrogens is 583 g/mol. The van der Waals surface area contributed by atoms with Gasteiger partial charge >= 0.3 is 0 Å². The zero-order chi connectivity index (χ0) is 29.6. The zero-order valence-corrected chi connectivity index (χ0v) is 25.6. The summed E-state index contributed by atoms with van der Waals surface area (Å²) in [5.74, 6) is 2.78. The first-order valence-electron chi connectivity index (χ1n) is 14.0. The fourth-order valence-corrected chi connectivity index (χ4v) is 6.72. The van der Waals surface area contributed by atoms with Gasteiger partial charge in [0.05, 0.1) is 30.8 Å². The van der Waals surface area contributed by atoms with E-state index in [4.69, 9.17) is 14.5 Å². The third kappa shape index (κ3) is 6.20. The molecule has 0 atom stereocenters. The van der Waals surface area contributed by atoms with Gasteiger partial charge in [-0.1, -0.05) is 36.0 Å². The number of carbonyl (C=O) groups is 1. The van der Waals surface area contributed by atoms with E-state index < -0.39 is 0 Å². The Hall–Kier alpha value is -4.42. The van der Waals surface area contributed by atoms with Gasteiger partial charge in [0.15, 0.2) is 11.0 Å². The van der Waals surface area contributed by atoms with Crippen molar-refractivity contribution in [1.82, 2.24) is 29.6 Å². The second-order valence-electron chi connectivity index (χ2n) is 9.64. The van der Waals surface area contributed by atoms with Crippen LogP contribution in [0.5, 0.6) is 11.5 Å². The molecule has 220 valence electrons. The number of piperazine rings is 1. The van der Waals surface area contributed by atoms with Gasteiger partial charge in [0.1, 0.15) is 22.2 Å². The van der Waals surface area contributed by atoms with Crippen LogP contribution in [0.2, 0.25) is 0 Å². The highest BCUT2D eigenvalue weighted by Gasteiger charge is 2.26. The Morgan fingerprint density at radius 3 is 2.40 bits per heavy atom. The summed E-state index contributed by atoms with van der Waals surface area (Å²) in [5, 5.41) is 12.4. The van der Waals surface area contributed by atoms with Crippen LogP contribution in [0, 0.1) is 0 Å². The summed E-state index contributed by atoms with van der Waals surface area (Å²) < 4.78 is 13.4. The Labute approximate surface area is 258 Å². The molecule has 0 aliphatic carbocycles. The minimum Gasteiger partial charge on any atom is -0.495 e. The predicted octanol–water partition coefficient (Wildman–Crippen LogP) is 5.45. The van der Waals surface area contributed by atoms with Crippen molar-refractivity contribution in [3.05, 3.63) is 89.1 Å². The molecule has 1 aliphatic heterocycles. The number of thioether (sulfide) groups is 1. The van der Waals surface area contributed by atoms with Gasteiger partial charge in [-0.05, 0) is 43.3 Å². The van der Waals surface area contributed by atoms with Crippen molar-refractivity contribution in [1.29, 1.82) is 0 Å². The Morgan fingerprint density at radius 2 is 1.65 bits per heavy atom. The molecule has 1 fully saturated rings. The van der Waals surface area contributed by atoms with Gasteiger partial charge in [0.2, 0.25) is 0 Å². The van der Waals surface area contributed by atoms with Gasteiger partial charge in [-0.3, -0.25) is 14.3 Å². The van der Waals surface area contributed by atoms with Crippen LogP contribution in [0.15, 0.2) is 83.6 Å². The third-order valence-electron chi connectivity index (χ3n) is 7.07. The number of para-hydroxylation sites is 4. The van der Waals surface area contributed by atoms with Gasteiger partial charge in [-0.15, -0.1) is 21.5 Å². The number of carbonyl (C=O) groups excluding carboxylic acids is 1. The Balaban J connectivity index is 1.14. The second kappa shape index (κ2) is 13.3. The summed E-state index contributed by atoms with van der Waals surface area (Å²) in [6.07, 6.45) is 3.47. The maximum atomic E-state index is 13.3. The molecule has 0 N–H and O–H groups in total. The predicted molar refractivity (Wildman–Crippen MR) is 169 cm³/mol. The van der Waals surface area contributed by atoms with Gasteiger partial charge in [-0.2, -0.15) is 0 Å². The monoisotopic (exact) mass is 613 g/mol. The second-order valence-corrected chi connectivity index (χ2v) is 11.5. The van der Waals surface area contributed by atoms with E-state index >= 15 is 0 Å². The fourth-order valence-electron chi connectivity index (χ4n) is 4.99. The molecule has 2 aromatic carbocycles. The van der Waals surface area contributed by atoms with Crippen LogP contribution >= 0.6 is 23.1 Å². The van der Waals surface area contributed by atoms with Crippen LogP contribution in [-0.4, -0.2) is 75.4 Å². The average molecular weight is 614 g/mol. The molecule has 0 spiro atoms. The number of hydrogen-bond acceptors (Lipinski definition) is 10. The molecule has 1 amide bonds. The van der Waals surface area contributed by atoms with E-state index in [0.29, 0.717) is 47.9 Å². The topological polar surface area (TPSA) is 98.5 Å². The number of methoxy groups -OCH3 is 1. The number of aromatic nitrogens is 5. The van der Waals surface area contributed by atoms with E-state index in [1.807, 2.05) is 76.4 Å². The van der Waals surface area contributed by atoms with Crippen molar-refractivity contribution in [3.63, 3.8) is 0 Å². The molecule has 1 aliphatic rings. The number of rotatable bonds is 10. The molecule has 0 unspecified atom stereocenters. The first-order chi connectivity index (χ1) is 21.2. The van der Waals surface area contributed by atoms with E-state index in [2.05, 4.69) is 26.1 Å². The highest BCUT2D eigenvalue weighted by atomic mass is 32.2. The Kier molecular flexibility index (Phi) is 8.85. The van der Waals surface area contributed by atoms with Gasteiger partial charge in [0, 0.05) is 49.5 Å². The lowest BCUT2D eigenvalue weighted by Crippen LogP contribution is -2.49. The standard InChI is InChI=1S/C31H31N7O3S2/c1-3-41-27-11-7-4-8-24(27)36-16-18-37(19-17-36)30(39)23-20-42-28(33-23)21-43-31-35-34-29(22-12-14-32-15-13-22)38(31)25-9-5-6-10-26(25)40-2/h4-15,20H,3,16-19,21H2,1-2H3. The minimum atomic E-state index is -0.0394. The van der Waals surface area contributed by atoms with Crippen molar-refractivity contribution < 1.29 is 14.3 Å². The number of hydrogen-bond donors (Lipinski definition) is 0. The summed E-state index contributed by atoms with van der Waals surface area (Å²) in [6.45, 7) is 5.33. The fraction of sp³-hybridized carbons (Fsp3) is 0.258. The van der Waals surface area contributed by atoms with Crippen LogP contribution in [0.4, 0.5) is 5.69 Å². The number of ether oxygens (including phenoxy) is 2. The van der Waals surface area contributed by atoms with Crippen LogP contribution in [0.25, 0.3) is 17.1 Å². The third-order valence-corrected chi connectivity index (χ3v) is 9.04. The Bertz CT molecular complexity index is 1680. The van der Waals surface area contributed by atoms with Crippen molar-refractivity contribution in [3.8, 4) is 28.6 Å². The molecule has 10 nitrogen and oxygen atoms in total. The van der Waals surface area contributed by atoms with Crippen LogP contribution in [-0.2, 0) is 5.75 Å². The quantitative estimate of drug-likeness (QED) is 0.191. The highest BCUT2D eigenvalue weighted by Crippen LogP contribution is 2.34. The minimum absolute atomic E-state index is 0.0394. The van der Waals surface area contributed by atoms with Crippen LogP contribution in [0.1, 0.15) is 22.4 Å². The molecule has 5 aromatic rings. The van der Waals surface area contributed by atoms with Crippen LogP contribution < -0.4 is 14.4 Å². The number of amides is 1. The SMILES string of the molecule is CCOc1ccccc1N1CCN(C(=O)c2csc(CSc3nnc(-c4ccncc4)n3-c3ccccc3OC)n2)CC1. The van der Waals surface area contributed by atoms with E-state index in [1.54, 1.807) is 19.5 Å². The molecule has 1 saturated heterocycles. The van der Waals surface area contributed by atoms with Crippen molar-refractivity contribution in [2.24, 2.45) is 0 Å². The van der Waals surface area contributed by atoms with E-state index in [9.17, 15) is 4.79 Å². The molecule has 12 heteroatoms. The molecule has 4 heterocycles. The molecule has 43 heavy (non-hydrogen) atoms. The lowest BCUT2D eigenvalue weighted by Gasteiger charge is -2.36. The smallest absolute Gasteiger partial charge is 0.273 e. The number of pyridine rings is 1. The van der Waals surface area contributed by atoms with Crippen molar-refractivity contribution in [2.75, 3.05) is 44.8 Å². The highest BCUT2D eigenvalue weighted by molar-refractivity contribution is 7.98. The maximum Gasteiger partial charge on any atom is 0.273 e. The number of thiazole rings is 1. The number of anilines is 1. The lowest BCUT2D eigenvalue weighted by atomic mass is 10.2. The molecule has 0 saturated carbocycles. The molecule has 0 radical (unpaired) electrons. The van der Waals surface area contributed by atoms with Gasteiger partial charge in [-0.25, -0.2) is 4.98 Å². The van der Waals surface area contributed by atoms with Crippen molar-refractivity contribution in [2.45, 2.75) is 17.8 Å². The van der Waals surface area contributed by atoms with Crippen molar-refractivity contribution >= 4 is 34.7 Å². The molecular formula is C31H31N7O3S2. The molecule has 6 rings (SSSR count). The van der Waals surface area contributed by atoms with Gasteiger partial charge < -0.3 is 19.3 Å². The lowest BCUT2D eigenvalue weighted by molar-refractivity contribution is 0.0741. The first kappa shape index (κ1) is 28.7. The first-order valence-corrected chi connectivity index (χ1v) is 15.8. The van der Waals surface area contributed by atoms with E-state index in [0.717, 1.165) is 40.8 Å². The van der Waals surface area contributed by atoms with E-state index in [-0.39, 0.29) is 5.91 Å². The maximum absolute atomic E-state index is 13.3. The number of nitrogens with zero attached hydrogens (tertiary/aromatic N) is 7. The van der Waals surface area contributed by atoms with Crippen LogP contribution in [0.3, 0.4) is 0 Å². The van der Waals surface area contributed by atoms with E-state index in [1.165, 1.54) is 23.1 Å². The molecule has 3 aromatic heterocycles. The summed E-state index contributed by atoms with van der Waals surface area (Å²) >= 11 is 3.00. The summed E-state index contributed by atoms with van der Waals surface area (Å²) in [4.78, 5) is 26.3. The average Bonchev–Trinajstić information content (AvgIpc) is 3.72. The summed E-state index contributed by atoms with van der Waals surface area (Å²) in [7, 11) is 1.65.